The molecule has 16 heavy (non-hydrogen) atoms. The van der Waals surface area contributed by atoms with E-state index in [1.807, 2.05) is 30.3 Å². The molecule has 1 aromatic carbocycles. The van der Waals surface area contributed by atoms with E-state index in [1.165, 1.54) is 6.20 Å². The number of Topliss-reactive ketones (excluding diaryl/α,β-unsaturated/α-hetero) is 1. The molecule has 1 unspecified atom stereocenters. The van der Waals surface area contributed by atoms with Crippen molar-refractivity contribution in [1.82, 2.24) is 4.98 Å². The molecule has 0 saturated heterocycles. The van der Waals surface area contributed by atoms with Gasteiger partial charge in [0.2, 0.25) is 0 Å². The number of nitrogens with two attached hydrogens (primary N) is 1. The second-order valence-electron chi connectivity index (χ2n) is 3.49. The number of carbonyl (C=O) groups is 1. The maximum absolute atomic E-state index is 12.0. The first kappa shape index (κ1) is 10.5. The molecule has 0 fully saturated rings. The molecule has 2 aromatic rings. The summed E-state index contributed by atoms with van der Waals surface area (Å²) in [4.78, 5) is 15.9. The Labute approximate surface area is 93.9 Å². The van der Waals surface area contributed by atoms with Crippen molar-refractivity contribution >= 4 is 5.78 Å². The van der Waals surface area contributed by atoms with Gasteiger partial charge in [-0.3, -0.25) is 9.78 Å². The summed E-state index contributed by atoms with van der Waals surface area (Å²) in [5, 5.41) is 0. The molecule has 80 valence electrons. The van der Waals surface area contributed by atoms with Crippen LogP contribution in [0.1, 0.15) is 22.0 Å². The predicted molar refractivity (Wildman–Crippen MR) is 61.9 cm³/mol. The molecular formula is C13H12N2O. The van der Waals surface area contributed by atoms with Crippen molar-refractivity contribution < 1.29 is 4.79 Å². The van der Waals surface area contributed by atoms with Gasteiger partial charge in [0, 0.05) is 18.0 Å². The molecule has 0 aliphatic carbocycles. The third kappa shape index (κ3) is 2.15. The minimum atomic E-state index is -0.620. The fraction of sp³-hybridized carbons (Fsp3) is 0.0769. The monoisotopic (exact) mass is 212 g/mol. The minimum Gasteiger partial charge on any atom is -0.318 e. The molecule has 3 heteroatoms. The summed E-state index contributed by atoms with van der Waals surface area (Å²) in [6.07, 6.45) is 3.16. The van der Waals surface area contributed by atoms with Crippen LogP contribution in [-0.2, 0) is 0 Å². The third-order valence-corrected chi connectivity index (χ3v) is 2.39. The maximum Gasteiger partial charge on any atom is 0.185 e. The van der Waals surface area contributed by atoms with Crippen molar-refractivity contribution in [2.45, 2.75) is 6.04 Å². The molecule has 1 aromatic heterocycles. The summed E-state index contributed by atoms with van der Waals surface area (Å²) >= 11 is 0. The number of aromatic nitrogens is 1. The van der Waals surface area contributed by atoms with Gasteiger partial charge < -0.3 is 5.73 Å². The zero-order chi connectivity index (χ0) is 11.4. The van der Waals surface area contributed by atoms with E-state index in [4.69, 9.17) is 5.73 Å². The normalized spacial score (nSPS) is 12.1. The summed E-state index contributed by atoms with van der Waals surface area (Å²) in [7, 11) is 0. The molecule has 2 rings (SSSR count). The van der Waals surface area contributed by atoms with E-state index >= 15 is 0 Å². The van der Waals surface area contributed by atoms with Gasteiger partial charge in [-0.15, -0.1) is 0 Å². The third-order valence-electron chi connectivity index (χ3n) is 2.39. The van der Waals surface area contributed by atoms with Crippen LogP contribution in [0.4, 0.5) is 0 Å². The molecule has 0 aliphatic rings. The second kappa shape index (κ2) is 4.68. The molecular weight excluding hydrogens is 200 g/mol. The SMILES string of the molecule is NC(C(=O)c1cccnc1)c1ccccc1. The quantitative estimate of drug-likeness (QED) is 0.791. The van der Waals surface area contributed by atoms with Crippen LogP contribution in [0.5, 0.6) is 0 Å². The highest BCUT2D eigenvalue weighted by Gasteiger charge is 2.16. The minimum absolute atomic E-state index is 0.112. The second-order valence-corrected chi connectivity index (χ2v) is 3.49. The van der Waals surface area contributed by atoms with E-state index in [-0.39, 0.29) is 5.78 Å². The van der Waals surface area contributed by atoms with Crippen LogP contribution in [0.3, 0.4) is 0 Å². The number of pyridine rings is 1. The Balaban J connectivity index is 2.24. The Morgan fingerprint density at radius 1 is 1.12 bits per heavy atom. The highest BCUT2D eigenvalue weighted by Crippen LogP contribution is 2.14. The van der Waals surface area contributed by atoms with Gasteiger partial charge in [0.05, 0.1) is 6.04 Å². The van der Waals surface area contributed by atoms with Crippen LogP contribution in [-0.4, -0.2) is 10.8 Å². The molecule has 0 bridgehead atoms. The lowest BCUT2D eigenvalue weighted by Gasteiger charge is -2.10. The van der Waals surface area contributed by atoms with Gasteiger partial charge in [0.1, 0.15) is 0 Å². The number of carbonyl (C=O) groups excluding carboxylic acids is 1. The van der Waals surface area contributed by atoms with E-state index in [1.54, 1.807) is 18.3 Å². The van der Waals surface area contributed by atoms with Crippen molar-refractivity contribution in [3.63, 3.8) is 0 Å². The van der Waals surface area contributed by atoms with Gasteiger partial charge in [-0.25, -0.2) is 0 Å². The van der Waals surface area contributed by atoms with Crippen LogP contribution in [0.2, 0.25) is 0 Å². The van der Waals surface area contributed by atoms with Crippen molar-refractivity contribution in [1.29, 1.82) is 0 Å². The van der Waals surface area contributed by atoms with Gasteiger partial charge in [0.15, 0.2) is 5.78 Å². The molecule has 1 heterocycles. The number of benzene rings is 1. The number of rotatable bonds is 3. The zero-order valence-corrected chi connectivity index (χ0v) is 8.71. The largest absolute Gasteiger partial charge is 0.318 e. The first-order valence-corrected chi connectivity index (χ1v) is 5.04. The van der Waals surface area contributed by atoms with Gasteiger partial charge in [-0.05, 0) is 17.7 Å². The molecule has 0 amide bonds. The van der Waals surface area contributed by atoms with E-state index < -0.39 is 6.04 Å². The fourth-order valence-electron chi connectivity index (χ4n) is 1.50. The lowest BCUT2D eigenvalue weighted by atomic mass is 9.99. The predicted octanol–water partition coefficient (Wildman–Crippen LogP) is 1.96. The van der Waals surface area contributed by atoms with Crippen LogP contribution >= 0.6 is 0 Å². The Hall–Kier alpha value is -2.00. The van der Waals surface area contributed by atoms with Crippen molar-refractivity contribution in [3.8, 4) is 0 Å². The van der Waals surface area contributed by atoms with Gasteiger partial charge in [-0.2, -0.15) is 0 Å². The Bertz CT molecular complexity index is 468. The summed E-state index contributed by atoms with van der Waals surface area (Å²) in [5.74, 6) is -0.112. The highest BCUT2D eigenvalue weighted by atomic mass is 16.1. The van der Waals surface area contributed by atoms with Gasteiger partial charge >= 0.3 is 0 Å². The number of hydrogen-bond donors (Lipinski definition) is 1. The van der Waals surface area contributed by atoms with E-state index in [0.717, 1.165) is 5.56 Å². The van der Waals surface area contributed by atoms with E-state index in [0.29, 0.717) is 5.56 Å². The van der Waals surface area contributed by atoms with Gasteiger partial charge in [0.25, 0.3) is 0 Å². The Morgan fingerprint density at radius 3 is 2.50 bits per heavy atom. The number of ketones is 1. The van der Waals surface area contributed by atoms with Crippen molar-refractivity contribution in [3.05, 3.63) is 66.0 Å². The zero-order valence-electron chi connectivity index (χ0n) is 8.71. The van der Waals surface area contributed by atoms with E-state index in [2.05, 4.69) is 4.98 Å². The fourth-order valence-corrected chi connectivity index (χ4v) is 1.50. The lowest BCUT2D eigenvalue weighted by Crippen LogP contribution is -2.21. The highest BCUT2D eigenvalue weighted by molar-refractivity contribution is 6.00. The number of hydrogen-bond acceptors (Lipinski definition) is 3. The average molecular weight is 212 g/mol. The van der Waals surface area contributed by atoms with Crippen molar-refractivity contribution in [2.75, 3.05) is 0 Å². The summed E-state index contributed by atoms with van der Waals surface area (Å²) in [6.45, 7) is 0. The molecule has 3 nitrogen and oxygen atoms in total. The lowest BCUT2D eigenvalue weighted by molar-refractivity contribution is 0.0961. The summed E-state index contributed by atoms with van der Waals surface area (Å²) in [6, 6.07) is 12.1. The summed E-state index contributed by atoms with van der Waals surface area (Å²) in [5.41, 5.74) is 7.25. The first-order chi connectivity index (χ1) is 7.79. The summed E-state index contributed by atoms with van der Waals surface area (Å²) < 4.78 is 0. The molecule has 0 saturated carbocycles. The molecule has 0 aliphatic heterocycles. The molecule has 0 radical (unpaired) electrons. The van der Waals surface area contributed by atoms with Crippen molar-refractivity contribution in [2.24, 2.45) is 5.73 Å². The average Bonchev–Trinajstić information content (AvgIpc) is 2.39. The standard InChI is InChI=1S/C13H12N2O/c14-12(10-5-2-1-3-6-10)13(16)11-7-4-8-15-9-11/h1-9,12H,14H2. The topological polar surface area (TPSA) is 56.0 Å². The molecule has 1 atom stereocenters. The van der Waals surface area contributed by atoms with Crippen LogP contribution in [0.15, 0.2) is 54.9 Å². The smallest absolute Gasteiger partial charge is 0.185 e. The van der Waals surface area contributed by atoms with Crippen LogP contribution in [0.25, 0.3) is 0 Å². The molecule has 2 N–H and O–H groups in total. The number of nitrogens with zero attached hydrogens (tertiary/aromatic N) is 1. The first-order valence-electron chi connectivity index (χ1n) is 5.04. The Morgan fingerprint density at radius 2 is 1.88 bits per heavy atom. The van der Waals surface area contributed by atoms with E-state index in [9.17, 15) is 4.79 Å². The van der Waals surface area contributed by atoms with Gasteiger partial charge in [-0.1, -0.05) is 30.3 Å². The maximum atomic E-state index is 12.0. The Kier molecular flexibility index (Phi) is 3.08. The van der Waals surface area contributed by atoms with Crippen LogP contribution < -0.4 is 5.73 Å². The molecule has 0 spiro atoms. The van der Waals surface area contributed by atoms with Crippen LogP contribution in [0, 0.1) is 0 Å².